The molecule has 1 rings (SSSR count). The summed E-state index contributed by atoms with van der Waals surface area (Å²) in [4.78, 5) is 13.8. The fraction of sp³-hybridized carbons (Fsp3) is 0.929. The summed E-state index contributed by atoms with van der Waals surface area (Å²) in [6, 6.07) is 0. The molecule has 0 radical (unpaired) electrons. The summed E-state index contributed by atoms with van der Waals surface area (Å²) < 4.78 is 5.40. The number of carbonyl (C=O) groups excluding carboxylic acids is 1. The van der Waals surface area contributed by atoms with Crippen molar-refractivity contribution in [2.75, 3.05) is 20.1 Å². The molecule has 0 aromatic heterocycles. The quantitative estimate of drug-likeness (QED) is 0.826. The molecular weight excluding hydrogens is 228 g/mol. The third-order valence-electron chi connectivity index (χ3n) is 3.81. The van der Waals surface area contributed by atoms with Gasteiger partial charge in [-0.3, -0.25) is 0 Å². The lowest BCUT2D eigenvalue weighted by Crippen LogP contribution is -2.50. The van der Waals surface area contributed by atoms with E-state index in [4.69, 9.17) is 4.74 Å². The van der Waals surface area contributed by atoms with Gasteiger partial charge in [-0.05, 0) is 60.4 Å². The number of carbonyl (C=O) groups is 1. The topological polar surface area (TPSA) is 41.6 Å². The number of piperidine rings is 1. The van der Waals surface area contributed by atoms with Gasteiger partial charge in [0.2, 0.25) is 0 Å². The number of rotatable bonds is 2. The van der Waals surface area contributed by atoms with Gasteiger partial charge in [0, 0.05) is 18.6 Å². The van der Waals surface area contributed by atoms with Crippen LogP contribution >= 0.6 is 0 Å². The normalized spacial score (nSPS) is 18.9. The number of hydrogen-bond donors (Lipinski definition) is 1. The molecule has 0 aromatic carbocycles. The number of hydrogen-bond acceptors (Lipinski definition) is 3. The van der Waals surface area contributed by atoms with E-state index >= 15 is 0 Å². The van der Waals surface area contributed by atoms with Crippen LogP contribution in [0.2, 0.25) is 0 Å². The first-order valence-corrected chi connectivity index (χ1v) is 6.82. The van der Waals surface area contributed by atoms with Crippen molar-refractivity contribution < 1.29 is 9.53 Å². The minimum absolute atomic E-state index is 0.139. The first-order chi connectivity index (χ1) is 8.15. The molecule has 1 saturated heterocycles. The van der Waals surface area contributed by atoms with Gasteiger partial charge in [-0.1, -0.05) is 0 Å². The van der Waals surface area contributed by atoms with Crippen LogP contribution in [0.15, 0.2) is 0 Å². The number of nitrogens with zero attached hydrogens (tertiary/aromatic N) is 1. The van der Waals surface area contributed by atoms with Gasteiger partial charge in [0.15, 0.2) is 0 Å². The fourth-order valence-electron chi connectivity index (χ4n) is 2.31. The lowest BCUT2D eigenvalue weighted by atomic mass is 9.80. The molecule has 1 heterocycles. The van der Waals surface area contributed by atoms with Crippen molar-refractivity contribution in [1.29, 1.82) is 0 Å². The van der Waals surface area contributed by atoms with E-state index in [-0.39, 0.29) is 11.6 Å². The predicted octanol–water partition coefficient (Wildman–Crippen LogP) is 2.63. The Hall–Kier alpha value is -0.770. The number of ether oxygens (including phenoxy) is 1. The molecule has 0 spiro atoms. The number of likely N-dealkylation sites (tertiary alicyclic amines) is 1. The SMILES string of the molecule is CNC(C)(C)C1CCN(C(=O)OC(C)(C)C)CC1. The summed E-state index contributed by atoms with van der Waals surface area (Å²) in [5.41, 5.74) is -0.266. The molecule has 1 amide bonds. The summed E-state index contributed by atoms with van der Waals surface area (Å²) in [5, 5.41) is 3.36. The second-order valence-electron chi connectivity index (χ2n) is 6.71. The van der Waals surface area contributed by atoms with E-state index < -0.39 is 5.60 Å². The van der Waals surface area contributed by atoms with Gasteiger partial charge in [0.05, 0.1) is 0 Å². The van der Waals surface area contributed by atoms with Crippen LogP contribution in [-0.2, 0) is 4.74 Å². The molecule has 0 aliphatic carbocycles. The zero-order valence-corrected chi connectivity index (χ0v) is 12.7. The zero-order valence-electron chi connectivity index (χ0n) is 12.7. The average Bonchev–Trinajstić information content (AvgIpc) is 2.27. The maximum absolute atomic E-state index is 11.9. The van der Waals surface area contributed by atoms with E-state index in [0.717, 1.165) is 25.9 Å². The first-order valence-electron chi connectivity index (χ1n) is 6.82. The highest BCUT2D eigenvalue weighted by molar-refractivity contribution is 5.68. The first kappa shape index (κ1) is 15.3. The minimum Gasteiger partial charge on any atom is -0.444 e. The maximum atomic E-state index is 11.9. The van der Waals surface area contributed by atoms with Gasteiger partial charge in [0.25, 0.3) is 0 Å². The largest absolute Gasteiger partial charge is 0.444 e. The van der Waals surface area contributed by atoms with E-state index in [9.17, 15) is 4.79 Å². The van der Waals surface area contributed by atoms with Gasteiger partial charge in [-0.2, -0.15) is 0 Å². The lowest BCUT2D eigenvalue weighted by Gasteiger charge is -2.40. The Labute approximate surface area is 111 Å². The molecule has 0 saturated carbocycles. The highest BCUT2D eigenvalue weighted by Crippen LogP contribution is 2.28. The Kier molecular flexibility index (Phi) is 4.65. The molecule has 4 nitrogen and oxygen atoms in total. The Morgan fingerprint density at radius 2 is 1.67 bits per heavy atom. The average molecular weight is 256 g/mol. The molecule has 0 unspecified atom stereocenters. The van der Waals surface area contributed by atoms with Gasteiger partial charge < -0.3 is 15.0 Å². The molecule has 18 heavy (non-hydrogen) atoms. The van der Waals surface area contributed by atoms with E-state index in [0.29, 0.717) is 5.92 Å². The summed E-state index contributed by atoms with van der Waals surface area (Å²) in [5.74, 6) is 0.612. The van der Waals surface area contributed by atoms with Crippen molar-refractivity contribution in [2.24, 2.45) is 5.92 Å². The number of amides is 1. The molecule has 106 valence electrons. The van der Waals surface area contributed by atoms with Crippen LogP contribution in [0.1, 0.15) is 47.5 Å². The zero-order chi connectivity index (χ0) is 14.0. The molecule has 0 bridgehead atoms. The third kappa shape index (κ3) is 4.16. The van der Waals surface area contributed by atoms with Crippen molar-refractivity contribution in [1.82, 2.24) is 10.2 Å². The Morgan fingerprint density at radius 3 is 2.06 bits per heavy atom. The van der Waals surface area contributed by atoms with E-state index in [1.807, 2.05) is 32.7 Å². The van der Waals surface area contributed by atoms with E-state index in [1.165, 1.54) is 0 Å². The summed E-state index contributed by atoms with van der Waals surface area (Å²) in [6.45, 7) is 11.8. The third-order valence-corrected chi connectivity index (χ3v) is 3.81. The predicted molar refractivity (Wildman–Crippen MR) is 73.7 cm³/mol. The molecule has 1 fully saturated rings. The molecule has 1 aliphatic heterocycles. The molecule has 1 aliphatic rings. The minimum atomic E-state index is -0.405. The van der Waals surface area contributed by atoms with Crippen molar-refractivity contribution in [3.63, 3.8) is 0 Å². The molecule has 0 aromatic rings. The standard InChI is InChI=1S/C14H28N2O2/c1-13(2,3)18-12(17)16-9-7-11(8-10-16)14(4,5)15-6/h11,15H,7-10H2,1-6H3. The maximum Gasteiger partial charge on any atom is 0.410 e. The van der Waals surface area contributed by atoms with Crippen LogP contribution in [0, 0.1) is 5.92 Å². The van der Waals surface area contributed by atoms with Crippen LogP contribution in [0.3, 0.4) is 0 Å². The van der Waals surface area contributed by atoms with Crippen LogP contribution < -0.4 is 5.32 Å². The smallest absolute Gasteiger partial charge is 0.410 e. The van der Waals surface area contributed by atoms with Crippen LogP contribution in [0.4, 0.5) is 4.79 Å². The van der Waals surface area contributed by atoms with Crippen molar-refractivity contribution in [3.8, 4) is 0 Å². The van der Waals surface area contributed by atoms with Gasteiger partial charge in [-0.15, -0.1) is 0 Å². The van der Waals surface area contributed by atoms with Gasteiger partial charge in [-0.25, -0.2) is 4.79 Å². The molecule has 1 N–H and O–H groups in total. The second-order valence-corrected chi connectivity index (χ2v) is 6.71. The molecule has 0 atom stereocenters. The van der Waals surface area contributed by atoms with E-state index in [2.05, 4.69) is 19.2 Å². The molecule has 4 heteroatoms. The summed E-state index contributed by atoms with van der Waals surface area (Å²) in [7, 11) is 2.00. The monoisotopic (exact) mass is 256 g/mol. The van der Waals surface area contributed by atoms with Crippen LogP contribution in [0.5, 0.6) is 0 Å². The Balaban J connectivity index is 2.47. The summed E-state index contributed by atoms with van der Waals surface area (Å²) in [6.07, 6.45) is 1.89. The van der Waals surface area contributed by atoms with Crippen LogP contribution in [-0.4, -0.2) is 42.3 Å². The van der Waals surface area contributed by atoms with Crippen molar-refractivity contribution in [3.05, 3.63) is 0 Å². The number of nitrogens with one attached hydrogen (secondary N) is 1. The fourth-order valence-corrected chi connectivity index (χ4v) is 2.31. The van der Waals surface area contributed by atoms with Crippen LogP contribution in [0.25, 0.3) is 0 Å². The van der Waals surface area contributed by atoms with E-state index in [1.54, 1.807) is 0 Å². The highest BCUT2D eigenvalue weighted by Gasteiger charge is 2.33. The van der Waals surface area contributed by atoms with Gasteiger partial charge in [0.1, 0.15) is 5.60 Å². The van der Waals surface area contributed by atoms with Crippen molar-refractivity contribution >= 4 is 6.09 Å². The lowest BCUT2D eigenvalue weighted by molar-refractivity contribution is 0.0147. The Bertz CT molecular complexity index is 287. The second kappa shape index (κ2) is 5.47. The summed E-state index contributed by atoms with van der Waals surface area (Å²) >= 11 is 0. The highest BCUT2D eigenvalue weighted by atomic mass is 16.6. The molecular formula is C14H28N2O2. The van der Waals surface area contributed by atoms with Crippen molar-refractivity contribution in [2.45, 2.75) is 58.6 Å². The Morgan fingerprint density at radius 1 is 1.17 bits per heavy atom. The van der Waals surface area contributed by atoms with Gasteiger partial charge >= 0.3 is 6.09 Å².